The monoisotopic (exact) mass is 227 g/mol. The van der Waals surface area contributed by atoms with Crippen LogP contribution < -0.4 is 5.32 Å². The lowest BCUT2D eigenvalue weighted by molar-refractivity contribution is 0.182. The van der Waals surface area contributed by atoms with E-state index in [0.717, 1.165) is 19.6 Å². The zero-order valence-corrected chi connectivity index (χ0v) is 10.8. The minimum absolute atomic E-state index is 0.0559. The second-order valence-electron chi connectivity index (χ2n) is 4.58. The number of rotatable bonds is 4. The molecule has 1 aliphatic heterocycles. The molecular weight excluding hydrogens is 202 g/mol. The Morgan fingerprint density at radius 3 is 2.50 bits per heavy atom. The van der Waals surface area contributed by atoms with Gasteiger partial charge in [-0.2, -0.15) is 0 Å². The van der Waals surface area contributed by atoms with Gasteiger partial charge in [-0.3, -0.25) is 0 Å². The van der Waals surface area contributed by atoms with Crippen molar-refractivity contribution >= 4 is 6.03 Å². The van der Waals surface area contributed by atoms with Crippen LogP contribution in [0, 0.1) is 5.92 Å². The molecule has 1 aliphatic rings. The summed E-state index contributed by atoms with van der Waals surface area (Å²) in [6.45, 7) is 9.30. The lowest BCUT2D eigenvalue weighted by Gasteiger charge is -2.31. The van der Waals surface area contributed by atoms with Crippen LogP contribution in [-0.4, -0.2) is 55.6 Å². The third-order valence-electron chi connectivity index (χ3n) is 3.52. The Balaban J connectivity index is 2.17. The van der Waals surface area contributed by atoms with E-state index in [1.165, 1.54) is 25.9 Å². The molecule has 0 aromatic rings. The number of nitrogens with zero attached hydrogens (tertiary/aromatic N) is 2. The first kappa shape index (κ1) is 13.3. The number of likely N-dealkylation sites (tertiary alicyclic amines) is 1. The van der Waals surface area contributed by atoms with Gasteiger partial charge < -0.3 is 15.1 Å². The molecular formula is C12H25N3O. The number of nitrogens with one attached hydrogen (secondary N) is 1. The van der Waals surface area contributed by atoms with Gasteiger partial charge >= 0.3 is 6.03 Å². The zero-order valence-electron chi connectivity index (χ0n) is 10.8. The molecule has 0 aliphatic carbocycles. The van der Waals surface area contributed by atoms with E-state index in [1.807, 2.05) is 14.0 Å². The van der Waals surface area contributed by atoms with Crippen LogP contribution in [0.4, 0.5) is 4.79 Å². The molecule has 94 valence electrons. The molecule has 4 nitrogen and oxygen atoms in total. The third kappa shape index (κ3) is 4.00. The van der Waals surface area contributed by atoms with Crippen LogP contribution in [0.1, 0.15) is 26.7 Å². The van der Waals surface area contributed by atoms with Crippen LogP contribution in [0.5, 0.6) is 0 Å². The van der Waals surface area contributed by atoms with Crippen molar-refractivity contribution in [2.75, 3.05) is 39.8 Å². The molecule has 16 heavy (non-hydrogen) atoms. The van der Waals surface area contributed by atoms with Gasteiger partial charge in [-0.1, -0.05) is 6.92 Å². The van der Waals surface area contributed by atoms with Gasteiger partial charge in [-0.25, -0.2) is 4.79 Å². The quantitative estimate of drug-likeness (QED) is 0.787. The van der Waals surface area contributed by atoms with E-state index in [2.05, 4.69) is 17.1 Å². The molecule has 4 heteroatoms. The standard InChI is InChI=1S/C12H25N3O/c1-4-14(3)12(16)13-10-11-6-8-15(5-2)9-7-11/h11H,4-10H2,1-3H3,(H,13,16). The zero-order chi connectivity index (χ0) is 12.0. The van der Waals surface area contributed by atoms with Gasteiger partial charge in [0, 0.05) is 20.1 Å². The summed E-state index contributed by atoms with van der Waals surface area (Å²) < 4.78 is 0. The molecule has 1 saturated heterocycles. The number of hydrogen-bond acceptors (Lipinski definition) is 2. The highest BCUT2D eigenvalue weighted by molar-refractivity contribution is 5.73. The van der Waals surface area contributed by atoms with Gasteiger partial charge in [0.05, 0.1) is 0 Å². The lowest BCUT2D eigenvalue weighted by Crippen LogP contribution is -2.42. The van der Waals surface area contributed by atoms with Gasteiger partial charge in [0.2, 0.25) is 0 Å². The molecule has 1 fully saturated rings. The first-order chi connectivity index (χ1) is 7.67. The normalized spacial score (nSPS) is 18.4. The predicted octanol–water partition coefficient (Wildman–Crippen LogP) is 1.38. The Morgan fingerprint density at radius 2 is 2.00 bits per heavy atom. The van der Waals surface area contributed by atoms with Gasteiger partial charge in [0.25, 0.3) is 0 Å². The van der Waals surface area contributed by atoms with E-state index in [-0.39, 0.29) is 6.03 Å². The average Bonchev–Trinajstić information content (AvgIpc) is 2.35. The molecule has 0 bridgehead atoms. The van der Waals surface area contributed by atoms with Crippen molar-refractivity contribution in [3.8, 4) is 0 Å². The summed E-state index contributed by atoms with van der Waals surface area (Å²) in [6, 6.07) is 0.0559. The molecule has 0 unspecified atom stereocenters. The van der Waals surface area contributed by atoms with Crippen molar-refractivity contribution in [1.82, 2.24) is 15.1 Å². The molecule has 0 radical (unpaired) electrons. The average molecular weight is 227 g/mol. The van der Waals surface area contributed by atoms with E-state index in [0.29, 0.717) is 5.92 Å². The smallest absolute Gasteiger partial charge is 0.317 e. The first-order valence-electron chi connectivity index (χ1n) is 6.38. The fourth-order valence-electron chi connectivity index (χ4n) is 2.02. The lowest BCUT2D eigenvalue weighted by atomic mass is 9.97. The Hall–Kier alpha value is -0.770. The number of amides is 2. The molecule has 2 amide bonds. The minimum Gasteiger partial charge on any atom is -0.338 e. The summed E-state index contributed by atoms with van der Waals surface area (Å²) in [7, 11) is 1.83. The van der Waals surface area contributed by atoms with Crippen LogP contribution in [0.25, 0.3) is 0 Å². The molecule has 1 heterocycles. The van der Waals surface area contributed by atoms with Crippen LogP contribution in [0.2, 0.25) is 0 Å². The Morgan fingerprint density at radius 1 is 1.38 bits per heavy atom. The van der Waals surface area contributed by atoms with Crippen LogP contribution in [0.3, 0.4) is 0 Å². The Bertz CT molecular complexity index is 212. The largest absolute Gasteiger partial charge is 0.338 e. The van der Waals surface area contributed by atoms with Crippen LogP contribution >= 0.6 is 0 Å². The number of hydrogen-bond donors (Lipinski definition) is 1. The minimum atomic E-state index is 0.0559. The molecule has 0 aromatic heterocycles. The second kappa shape index (κ2) is 6.74. The predicted molar refractivity (Wildman–Crippen MR) is 66.5 cm³/mol. The van der Waals surface area contributed by atoms with Crippen molar-refractivity contribution in [3.63, 3.8) is 0 Å². The summed E-state index contributed by atoms with van der Waals surface area (Å²) in [5.41, 5.74) is 0. The van der Waals surface area contributed by atoms with Gasteiger partial charge in [-0.05, 0) is 45.3 Å². The SMILES string of the molecule is CCN1CCC(CNC(=O)N(C)CC)CC1. The molecule has 0 saturated carbocycles. The van der Waals surface area contributed by atoms with Crippen molar-refractivity contribution in [1.29, 1.82) is 0 Å². The maximum atomic E-state index is 11.5. The fraction of sp³-hybridized carbons (Fsp3) is 0.917. The summed E-state index contributed by atoms with van der Waals surface area (Å²) in [6.07, 6.45) is 2.42. The molecule has 0 atom stereocenters. The highest BCUT2D eigenvalue weighted by atomic mass is 16.2. The Labute approximate surface area is 99.0 Å². The van der Waals surface area contributed by atoms with Gasteiger partial charge in [-0.15, -0.1) is 0 Å². The number of carbonyl (C=O) groups is 1. The van der Waals surface area contributed by atoms with Gasteiger partial charge in [0.15, 0.2) is 0 Å². The van der Waals surface area contributed by atoms with Crippen molar-refractivity contribution in [2.24, 2.45) is 5.92 Å². The highest BCUT2D eigenvalue weighted by Gasteiger charge is 2.18. The molecule has 1 rings (SSSR count). The fourth-order valence-corrected chi connectivity index (χ4v) is 2.02. The topological polar surface area (TPSA) is 35.6 Å². The van der Waals surface area contributed by atoms with Crippen molar-refractivity contribution in [3.05, 3.63) is 0 Å². The maximum Gasteiger partial charge on any atom is 0.317 e. The van der Waals surface area contributed by atoms with E-state index in [9.17, 15) is 4.79 Å². The van der Waals surface area contributed by atoms with Gasteiger partial charge in [0.1, 0.15) is 0 Å². The second-order valence-corrected chi connectivity index (χ2v) is 4.58. The Kier molecular flexibility index (Phi) is 5.60. The summed E-state index contributed by atoms with van der Waals surface area (Å²) in [4.78, 5) is 15.7. The van der Waals surface area contributed by atoms with E-state index in [1.54, 1.807) is 4.90 Å². The van der Waals surface area contributed by atoms with Crippen LogP contribution in [-0.2, 0) is 0 Å². The molecule has 0 spiro atoms. The third-order valence-corrected chi connectivity index (χ3v) is 3.52. The van der Waals surface area contributed by atoms with E-state index < -0.39 is 0 Å². The van der Waals surface area contributed by atoms with Crippen molar-refractivity contribution in [2.45, 2.75) is 26.7 Å². The molecule has 1 N–H and O–H groups in total. The highest BCUT2D eigenvalue weighted by Crippen LogP contribution is 2.15. The number of piperidine rings is 1. The maximum absolute atomic E-state index is 11.5. The number of urea groups is 1. The molecule has 0 aromatic carbocycles. The van der Waals surface area contributed by atoms with E-state index >= 15 is 0 Å². The van der Waals surface area contributed by atoms with Crippen LogP contribution in [0.15, 0.2) is 0 Å². The van der Waals surface area contributed by atoms with E-state index in [4.69, 9.17) is 0 Å². The summed E-state index contributed by atoms with van der Waals surface area (Å²) >= 11 is 0. The number of carbonyl (C=O) groups excluding carboxylic acids is 1. The first-order valence-corrected chi connectivity index (χ1v) is 6.38. The summed E-state index contributed by atoms with van der Waals surface area (Å²) in [5.74, 6) is 0.664. The summed E-state index contributed by atoms with van der Waals surface area (Å²) in [5, 5.41) is 3.00. The van der Waals surface area contributed by atoms with Crippen molar-refractivity contribution < 1.29 is 4.79 Å².